The van der Waals surface area contributed by atoms with E-state index in [9.17, 15) is 5.26 Å². The Morgan fingerprint density at radius 2 is 1.08 bits per heavy atom. The Morgan fingerprint density at radius 1 is 0.490 bits per heavy atom. The Balaban J connectivity index is 1.29. The molecule has 0 aliphatic heterocycles. The van der Waals surface area contributed by atoms with E-state index in [2.05, 4.69) is 117 Å². The molecule has 0 unspecified atom stereocenters. The summed E-state index contributed by atoms with van der Waals surface area (Å²) in [5.74, 6) is 0. The molecule has 0 saturated carbocycles. The Kier molecular flexibility index (Phi) is 5.64. The molecule has 0 atom stereocenters. The molecule has 0 aliphatic carbocycles. The third kappa shape index (κ3) is 3.85. The van der Waals surface area contributed by atoms with Gasteiger partial charge in [-0.05, 0) is 72.1 Å². The van der Waals surface area contributed by atoms with Gasteiger partial charge >= 0.3 is 0 Å². The summed E-state index contributed by atoms with van der Waals surface area (Å²) in [7, 11) is 0. The maximum atomic E-state index is 9.74. The minimum Gasteiger partial charge on any atom is -0.456 e. The first-order valence-electron chi connectivity index (χ1n) is 16.1. The zero-order chi connectivity index (χ0) is 32.6. The van der Waals surface area contributed by atoms with Gasteiger partial charge in [0.25, 0.3) is 0 Å². The zero-order valence-electron chi connectivity index (χ0n) is 26.1. The third-order valence-corrected chi connectivity index (χ3v) is 9.76. The Morgan fingerprint density at radius 3 is 1.84 bits per heavy atom. The number of rotatable bonds is 3. The number of furan rings is 1. The summed E-state index contributed by atoms with van der Waals surface area (Å²) in [6.07, 6.45) is 0. The van der Waals surface area contributed by atoms with Crippen LogP contribution < -0.4 is 0 Å². The van der Waals surface area contributed by atoms with Gasteiger partial charge in [-0.1, -0.05) is 78.9 Å². The molecule has 49 heavy (non-hydrogen) atoms. The second-order valence-electron chi connectivity index (χ2n) is 12.3. The van der Waals surface area contributed by atoms with Crippen molar-refractivity contribution in [3.8, 4) is 28.6 Å². The molecule has 0 fully saturated rings. The molecule has 0 radical (unpaired) electrons. The summed E-state index contributed by atoms with van der Waals surface area (Å²) in [4.78, 5) is 3.71. The topological polar surface area (TPSA) is 51.1 Å². The predicted octanol–water partition coefficient (Wildman–Crippen LogP) is 11.9. The van der Waals surface area contributed by atoms with Crippen molar-refractivity contribution in [3.05, 3.63) is 163 Å². The fourth-order valence-corrected chi connectivity index (χ4v) is 7.65. The summed E-state index contributed by atoms with van der Waals surface area (Å²) < 4.78 is 11.0. The Bertz CT molecular complexity index is 3010. The predicted molar refractivity (Wildman–Crippen MR) is 199 cm³/mol. The Labute approximate surface area is 280 Å². The SMILES string of the molecule is [C-]#[N+]c1ccc2c(c1)c1cc(C#N)ccc1n2-c1ccccc1-c1ccccc1-n1c2ccccc2c2cc3oc4ccccc4c3cc21. The summed E-state index contributed by atoms with van der Waals surface area (Å²) in [6.45, 7) is 7.66. The van der Waals surface area contributed by atoms with Crippen LogP contribution in [0.15, 0.2) is 150 Å². The summed E-state index contributed by atoms with van der Waals surface area (Å²) >= 11 is 0. The van der Waals surface area contributed by atoms with Crippen molar-refractivity contribution in [2.24, 2.45) is 0 Å². The molecule has 226 valence electrons. The number of hydrogen-bond donors (Lipinski definition) is 0. The fraction of sp³-hybridized carbons (Fsp3) is 0. The molecular weight excluding hydrogens is 601 g/mol. The summed E-state index contributed by atoms with van der Waals surface area (Å²) in [5.41, 5.74) is 11.3. The van der Waals surface area contributed by atoms with Gasteiger partial charge in [0.1, 0.15) is 11.2 Å². The molecule has 0 aliphatic rings. The number of fused-ring (bicyclic) bond motifs is 9. The van der Waals surface area contributed by atoms with Crippen molar-refractivity contribution < 1.29 is 4.42 Å². The standard InChI is InChI=1S/C44H24N4O/c1-46-28-19-21-41-34(23-28)33-22-27(26-45)18-20-40(33)47(41)37-14-6-2-10-29(37)30-11-3-7-15-38(30)48-39-16-8-4-12-31(39)35-25-44-36(24-42(35)48)32-13-5-9-17-43(32)49-44/h2-25H. The largest absolute Gasteiger partial charge is 0.456 e. The minimum absolute atomic E-state index is 0.568. The van der Waals surface area contributed by atoms with Crippen molar-refractivity contribution >= 4 is 71.2 Å². The molecule has 10 aromatic rings. The van der Waals surface area contributed by atoms with Crippen LogP contribution in [-0.2, 0) is 0 Å². The van der Waals surface area contributed by atoms with Crippen LogP contribution in [0.3, 0.4) is 0 Å². The molecule has 0 amide bonds. The molecule has 0 N–H and O–H groups in total. The quantitative estimate of drug-likeness (QED) is 0.184. The number of aromatic nitrogens is 2. The fourth-order valence-electron chi connectivity index (χ4n) is 7.65. The molecule has 7 aromatic carbocycles. The van der Waals surface area contributed by atoms with E-state index < -0.39 is 0 Å². The summed E-state index contributed by atoms with van der Waals surface area (Å²) in [5, 5.41) is 16.1. The van der Waals surface area contributed by atoms with Crippen molar-refractivity contribution in [3.63, 3.8) is 0 Å². The van der Waals surface area contributed by atoms with Crippen LogP contribution in [-0.4, -0.2) is 9.13 Å². The number of benzene rings is 7. The van der Waals surface area contributed by atoms with E-state index >= 15 is 0 Å². The second-order valence-corrected chi connectivity index (χ2v) is 12.3. The maximum absolute atomic E-state index is 9.74. The molecule has 3 heterocycles. The first kappa shape index (κ1) is 27.1. The molecule has 0 bridgehead atoms. The van der Waals surface area contributed by atoms with Gasteiger partial charge in [-0.2, -0.15) is 5.26 Å². The van der Waals surface area contributed by atoms with E-state index in [1.807, 2.05) is 48.5 Å². The van der Waals surface area contributed by atoms with Crippen LogP contribution in [0.5, 0.6) is 0 Å². The smallest absolute Gasteiger partial charge is 0.188 e. The van der Waals surface area contributed by atoms with Gasteiger partial charge in [-0.15, -0.1) is 0 Å². The second kappa shape index (κ2) is 10.2. The van der Waals surface area contributed by atoms with Crippen LogP contribution in [0.1, 0.15) is 5.56 Å². The lowest BCUT2D eigenvalue weighted by atomic mass is 10.0. The van der Waals surface area contributed by atoms with Crippen LogP contribution in [0, 0.1) is 17.9 Å². The highest BCUT2D eigenvalue weighted by Crippen LogP contribution is 2.43. The van der Waals surface area contributed by atoms with Crippen LogP contribution in [0.4, 0.5) is 5.69 Å². The van der Waals surface area contributed by atoms with Gasteiger partial charge < -0.3 is 13.6 Å². The minimum atomic E-state index is 0.568. The Hall–Kier alpha value is -7.08. The van der Waals surface area contributed by atoms with E-state index in [0.29, 0.717) is 11.3 Å². The average molecular weight is 625 g/mol. The van der Waals surface area contributed by atoms with Crippen LogP contribution in [0.2, 0.25) is 0 Å². The molecule has 5 nitrogen and oxygen atoms in total. The molecular formula is C44H24N4O. The van der Waals surface area contributed by atoms with Gasteiger partial charge in [-0.25, -0.2) is 4.85 Å². The average Bonchev–Trinajstić information content (AvgIpc) is 3.80. The van der Waals surface area contributed by atoms with Gasteiger partial charge in [0.2, 0.25) is 0 Å². The van der Waals surface area contributed by atoms with Crippen LogP contribution >= 0.6 is 0 Å². The highest BCUT2D eigenvalue weighted by Gasteiger charge is 2.21. The first-order chi connectivity index (χ1) is 24.2. The summed E-state index contributed by atoms with van der Waals surface area (Å²) in [6, 6.07) is 52.2. The lowest BCUT2D eigenvalue weighted by Crippen LogP contribution is -2.01. The van der Waals surface area contributed by atoms with Gasteiger partial charge in [0.15, 0.2) is 5.69 Å². The first-order valence-corrected chi connectivity index (χ1v) is 16.1. The van der Waals surface area contributed by atoms with Gasteiger partial charge in [0.05, 0.1) is 51.6 Å². The van der Waals surface area contributed by atoms with Gasteiger partial charge in [0, 0.05) is 38.1 Å². The normalized spacial score (nSPS) is 11.6. The lowest BCUT2D eigenvalue weighted by molar-refractivity contribution is 0.669. The molecule has 3 aromatic heterocycles. The van der Waals surface area contributed by atoms with E-state index in [4.69, 9.17) is 11.0 Å². The van der Waals surface area contributed by atoms with Crippen LogP contribution in [0.25, 0.3) is 92.9 Å². The molecule has 0 spiro atoms. The van der Waals surface area contributed by atoms with Crippen molar-refractivity contribution in [2.75, 3.05) is 0 Å². The van der Waals surface area contributed by atoms with E-state index in [1.54, 1.807) is 0 Å². The highest BCUT2D eigenvalue weighted by molar-refractivity contribution is 6.17. The van der Waals surface area contributed by atoms with E-state index in [0.717, 1.165) is 88.1 Å². The number of nitrogens with zero attached hydrogens (tertiary/aromatic N) is 4. The number of para-hydroxylation sites is 4. The van der Waals surface area contributed by atoms with E-state index in [1.165, 1.54) is 0 Å². The monoisotopic (exact) mass is 624 g/mol. The van der Waals surface area contributed by atoms with Gasteiger partial charge in [-0.3, -0.25) is 0 Å². The number of nitriles is 1. The number of hydrogen-bond acceptors (Lipinski definition) is 2. The highest BCUT2D eigenvalue weighted by atomic mass is 16.3. The van der Waals surface area contributed by atoms with Crippen molar-refractivity contribution in [2.45, 2.75) is 0 Å². The van der Waals surface area contributed by atoms with E-state index in [-0.39, 0.29) is 0 Å². The lowest BCUT2D eigenvalue weighted by Gasteiger charge is -2.18. The van der Waals surface area contributed by atoms with Crippen molar-refractivity contribution in [1.82, 2.24) is 9.13 Å². The zero-order valence-corrected chi connectivity index (χ0v) is 26.1. The molecule has 5 heteroatoms. The molecule has 10 rings (SSSR count). The van der Waals surface area contributed by atoms with Crippen molar-refractivity contribution in [1.29, 1.82) is 5.26 Å². The maximum Gasteiger partial charge on any atom is 0.188 e. The third-order valence-electron chi connectivity index (χ3n) is 9.76. The molecule has 0 saturated heterocycles.